The van der Waals surface area contributed by atoms with Crippen molar-refractivity contribution in [2.24, 2.45) is 5.41 Å². The van der Waals surface area contributed by atoms with Gasteiger partial charge in [0.1, 0.15) is 5.54 Å². The van der Waals surface area contributed by atoms with E-state index in [-0.39, 0.29) is 5.41 Å². The maximum atomic E-state index is 5.65. The summed E-state index contributed by atoms with van der Waals surface area (Å²) in [4.78, 5) is 0. The lowest BCUT2D eigenvalue weighted by Crippen LogP contribution is -2.57. The minimum absolute atomic E-state index is 0.0132. The van der Waals surface area contributed by atoms with Gasteiger partial charge >= 0.3 is 0 Å². The Morgan fingerprint density at radius 2 is 2.13 bits per heavy atom. The molecule has 0 aliphatic heterocycles. The van der Waals surface area contributed by atoms with Crippen LogP contribution in [0.15, 0.2) is 22.7 Å². The molecule has 0 saturated heterocycles. The molecule has 0 heterocycles. The number of thiol groups is 1. The molecule has 1 unspecified atom stereocenters. The van der Waals surface area contributed by atoms with Crippen molar-refractivity contribution in [3.05, 3.63) is 33.8 Å². The van der Waals surface area contributed by atoms with Crippen LogP contribution >= 0.6 is 53.0 Å². The van der Waals surface area contributed by atoms with Gasteiger partial charge in [-0.1, -0.05) is 46.4 Å². The first kappa shape index (κ1) is 17.8. The lowest BCUT2D eigenvalue weighted by Gasteiger charge is -2.49. The van der Waals surface area contributed by atoms with Crippen LogP contribution in [0.2, 0.25) is 0 Å². The largest absolute Gasteiger partial charge is 0.381 e. The van der Waals surface area contributed by atoms with Crippen LogP contribution in [0.3, 0.4) is 0 Å². The topological polar surface area (TPSA) is 21.3 Å². The van der Waals surface area contributed by atoms with Gasteiger partial charge in [0, 0.05) is 17.0 Å². The third-order valence-electron chi connectivity index (χ3n) is 5.62. The molecule has 2 nitrogen and oxygen atoms in total. The third kappa shape index (κ3) is 2.71. The molecule has 0 bridgehead atoms. The Balaban J connectivity index is 2.13. The number of nitrogens with one attached hydrogen (secondary N) is 1. The fourth-order valence-electron chi connectivity index (χ4n) is 4.49. The summed E-state index contributed by atoms with van der Waals surface area (Å²) in [6, 6.07) is 6.46. The summed E-state index contributed by atoms with van der Waals surface area (Å²) < 4.78 is 7.30. The molecule has 1 aromatic rings. The van der Waals surface area contributed by atoms with Crippen LogP contribution in [0.4, 0.5) is 0 Å². The molecule has 2 aliphatic carbocycles. The van der Waals surface area contributed by atoms with Gasteiger partial charge in [-0.25, -0.2) is 0 Å². The van der Waals surface area contributed by atoms with Crippen molar-refractivity contribution in [2.75, 3.05) is 7.11 Å². The fourth-order valence-corrected chi connectivity index (χ4v) is 5.83. The van der Waals surface area contributed by atoms with E-state index < -0.39 is 5.54 Å². The predicted molar refractivity (Wildman–Crippen MR) is 110 cm³/mol. The van der Waals surface area contributed by atoms with Gasteiger partial charge in [0.15, 0.2) is 0 Å². The van der Waals surface area contributed by atoms with E-state index in [2.05, 4.69) is 52.1 Å². The summed E-state index contributed by atoms with van der Waals surface area (Å²) >= 11 is 19.1. The number of hydrogen-bond donors (Lipinski definition) is 2. The van der Waals surface area contributed by atoms with Gasteiger partial charge in [-0.3, -0.25) is 0 Å². The molecule has 1 aromatic carbocycles. The molecule has 1 N–H and O–H groups in total. The first-order chi connectivity index (χ1) is 11.0. The van der Waals surface area contributed by atoms with Gasteiger partial charge in [-0.05, 0) is 55.4 Å². The van der Waals surface area contributed by atoms with Gasteiger partial charge in [-0.15, -0.1) is 12.6 Å². The minimum Gasteiger partial charge on any atom is -0.381 e. The normalized spacial score (nSPS) is 32.6. The fraction of sp³-hybridized carbons (Fsp3) is 0.529. The molecule has 124 valence electrons. The Morgan fingerprint density at radius 3 is 2.70 bits per heavy atom. The monoisotopic (exact) mass is 429 g/mol. The van der Waals surface area contributed by atoms with E-state index in [1.54, 1.807) is 12.6 Å². The Bertz CT molecular complexity index is 643. The van der Waals surface area contributed by atoms with Crippen molar-refractivity contribution < 1.29 is 4.74 Å². The minimum atomic E-state index is -0.481. The lowest BCUT2D eigenvalue weighted by atomic mass is 9.62. The highest BCUT2D eigenvalue weighted by molar-refractivity contribution is 9.10. The number of methoxy groups -OCH3 is 1. The Hall–Kier alpha value is -0.0100. The molecule has 1 spiro atoms. The van der Waals surface area contributed by atoms with Gasteiger partial charge < -0.3 is 10.1 Å². The zero-order valence-corrected chi connectivity index (χ0v) is 17.1. The van der Waals surface area contributed by atoms with Crippen LogP contribution < -0.4 is 5.32 Å². The highest BCUT2D eigenvalue weighted by Gasteiger charge is 2.59. The van der Waals surface area contributed by atoms with E-state index in [0.717, 1.165) is 36.6 Å². The van der Waals surface area contributed by atoms with Crippen molar-refractivity contribution >= 4 is 62.7 Å². The smallest absolute Gasteiger partial charge is 0.110 e. The number of thiocarbonyl (C=S) groups is 2. The maximum Gasteiger partial charge on any atom is 0.110 e. The van der Waals surface area contributed by atoms with Crippen LogP contribution in [0, 0.1) is 5.41 Å². The Labute approximate surface area is 162 Å². The summed E-state index contributed by atoms with van der Waals surface area (Å²) in [5.74, 6) is 0. The molecule has 3 rings (SSSR count). The molecular weight excluding hydrogens is 410 g/mol. The number of halogens is 1. The summed E-state index contributed by atoms with van der Waals surface area (Å²) in [7, 11) is 1.80. The van der Waals surface area contributed by atoms with Crippen molar-refractivity contribution in [1.82, 2.24) is 5.32 Å². The Kier molecular flexibility index (Phi) is 5.20. The van der Waals surface area contributed by atoms with E-state index in [4.69, 9.17) is 29.2 Å². The van der Waals surface area contributed by atoms with Crippen LogP contribution in [-0.4, -0.2) is 22.9 Å². The highest BCUT2D eigenvalue weighted by atomic mass is 79.9. The van der Waals surface area contributed by atoms with Crippen LogP contribution in [-0.2, 0) is 16.7 Å². The van der Waals surface area contributed by atoms with Gasteiger partial charge in [0.2, 0.25) is 0 Å². The van der Waals surface area contributed by atoms with Gasteiger partial charge in [-0.2, -0.15) is 0 Å². The van der Waals surface area contributed by atoms with Crippen LogP contribution in [0.25, 0.3) is 0 Å². The van der Waals surface area contributed by atoms with Crippen molar-refractivity contribution in [1.29, 1.82) is 0 Å². The number of benzene rings is 1. The summed E-state index contributed by atoms with van der Waals surface area (Å²) in [6.07, 6.45) is 5.53. The summed E-state index contributed by atoms with van der Waals surface area (Å²) in [6.45, 7) is 0. The highest BCUT2D eigenvalue weighted by Crippen LogP contribution is 2.59. The molecule has 1 atom stereocenters. The second kappa shape index (κ2) is 6.71. The number of fused-ring (bicyclic) bond motifs is 1. The second-order valence-electron chi connectivity index (χ2n) is 6.51. The van der Waals surface area contributed by atoms with E-state index in [1.165, 1.54) is 11.1 Å². The van der Waals surface area contributed by atoms with Gasteiger partial charge in [0.05, 0.1) is 15.8 Å². The molecule has 0 amide bonds. The average Bonchev–Trinajstić information content (AvgIpc) is 2.79. The molecule has 0 radical (unpaired) electrons. The average molecular weight is 430 g/mol. The van der Waals surface area contributed by atoms with E-state index in [9.17, 15) is 0 Å². The van der Waals surface area contributed by atoms with Crippen molar-refractivity contribution in [3.63, 3.8) is 0 Å². The Morgan fingerprint density at radius 1 is 1.43 bits per heavy atom. The van der Waals surface area contributed by atoms with Crippen LogP contribution in [0.1, 0.15) is 36.8 Å². The number of ether oxygens (including phenoxy) is 1. The molecule has 2 aliphatic rings. The zero-order chi connectivity index (χ0) is 16.7. The number of hydrogen-bond acceptors (Lipinski definition) is 3. The lowest BCUT2D eigenvalue weighted by molar-refractivity contribution is 0.00860. The first-order valence-corrected chi connectivity index (χ1v) is 9.87. The standard InChI is InChI=1S/C17H20BrNOS3/c1-20-13-4-6-16(7-5-13)9-11-2-3-12(18)8-14(11)17(16,15(22)23)19-10-21/h2-3,8,10,13H,4-7,9H2,1H3,(H,19,21)(H,22,23). The molecule has 0 aromatic heterocycles. The molecule has 6 heteroatoms. The van der Waals surface area contributed by atoms with Crippen LogP contribution in [0.5, 0.6) is 0 Å². The zero-order valence-electron chi connectivity index (χ0n) is 13.0. The summed E-state index contributed by atoms with van der Waals surface area (Å²) in [5, 5.41) is 3.44. The first-order valence-electron chi connectivity index (χ1n) is 7.75. The van der Waals surface area contributed by atoms with Crippen molar-refractivity contribution in [2.45, 2.75) is 43.7 Å². The van der Waals surface area contributed by atoms with E-state index in [1.807, 2.05) is 0 Å². The van der Waals surface area contributed by atoms with E-state index >= 15 is 0 Å². The predicted octanol–water partition coefficient (Wildman–Crippen LogP) is 4.58. The molecule has 1 saturated carbocycles. The van der Waals surface area contributed by atoms with E-state index in [0.29, 0.717) is 10.3 Å². The molecular formula is C17H20BrNOS3. The second-order valence-corrected chi connectivity index (χ2v) is 8.82. The van der Waals surface area contributed by atoms with Crippen molar-refractivity contribution in [3.8, 4) is 0 Å². The van der Waals surface area contributed by atoms with Gasteiger partial charge in [0.25, 0.3) is 0 Å². The SMILES string of the molecule is COC1CCC2(CC1)Cc1ccc(Br)cc1C2(NC=S)C(=S)S. The molecule has 1 fully saturated rings. The number of rotatable bonds is 4. The maximum absolute atomic E-state index is 5.65. The molecule has 23 heavy (non-hydrogen) atoms. The quantitative estimate of drug-likeness (QED) is 0.539. The summed E-state index contributed by atoms with van der Waals surface area (Å²) in [5.41, 5.74) is 3.68. The third-order valence-corrected chi connectivity index (χ3v) is 6.87.